The van der Waals surface area contributed by atoms with Crippen LogP contribution in [-0.2, 0) is 6.42 Å². The Morgan fingerprint density at radius 2 is 1.39 bits per heavy atom. The number of ether oxygens (including phenoxy) is 1. The molecule has 2 rings (SSSR count). The van der Waals surface area contributed by atoms with Gasteiger partial charge in [0.05, 0.1) is 0 Å². The molecule has 0 aliphatic carbocycles. The largest absolute Gasteiger partial charge is 0.461 e. The van der Waals surface area contributed by atoms with Crippen molar-refractivity contribution in [3.63, 3.8) is 0 Å². The Labute approximate surface area is 217 Å². The number of rotatable bonds is 18. The number of allylic oxidation sites excluding steroid dienone is 1. The number of hydrogen-bond donors (Lipinski definition) is 2. The molecule has 2 aromatic carbocycles. The van der Waals surface area contributed by atoms with Crippen LogP contribution >= 0.6 is 0 Å². The van der Waals surface area contributed by atoms with Crippen LogP contribution in [0.3, 0.4) is 0 Å². The molecule has 2 N–H and O–H groups in total. The van der Waals surface area contributed by atoms with E-state index < -0.39 is 6.29 Å². The molecular weight excluding hydrogens is 450 g/mol. The van der Waals surface area contributed by atoms with Crippen LogP contribution in [0.15, 0.2) is 60.7 Å². The number of unbranched alkanes of at least 4 members (excludes halogenated alkanes) is 9. The average Bonchev–Trinajstić information content (AvgIpc) is 2.90. The van der Waals surface area contributed by atoms with Crippen LogP contribution < -0.4 is 10.1 Å². The zero-order valence-electron chi connectivity index (χ0n) is 22.0. The van der Waals surface area contributed by atoms with E-state index in [-0.39, 0.29) is 18.1 Å². The summed E-state index contributed by atoms with van der Waals surface area (Å²) in [7, 11) is 1.56. The summed E-state index contributed by atoms with van der Waals surface area (Å²) in [6.45, 7) is 2.26. The molecule has 1 unspecified atom stereocenters. The number of nitrogens with one attached hydrogen (secondary N) is 1. The van der Waals surface area contributed by atoms with Crippen LogP contribution in [0, 0.1) is 0 Å². The highest BCUT2D eigenvalue weighted by Gasteiger charge is 2.08. The zero-order chi connectivity index (χ0) is 26.0. The van der Waals surface area contributed by atoms with E-state index in [1.165, 1.54) is 75.8 Å². The van der Waals surface area contributed by atoms with Crippen molar-refractivity contribution in [1.82, 2.24) is 5.32 Å². The predicted octanol–water partition coefficient (Wildman–Crippen LogP) is 7.04. The van der Waals surface area contributed by atoms with E-state index >= 15 is 0 Å². The number of aryl methyl sites for hydroxylation is 1. The first-order chi connectivity index (χ1) is 17.5. The molecular formula is C31H43NO4. The van der Waals surface area contributed by atoms with Gasteiger partial charge in [0.2, 0.25) is 6.29 Å². The lowest BCUT2D eigenvalue weighted by Gasteiger charge is -2.10. The van der Waals surface area contributed by atoms with Gasteiger partial charge < -0.3 is 15.2 Å². The highest BCUT2D eigenvalue weighted by Crippen LogP contribution is 2.17. The second-order valence-electron chi connectivity index (χ2n) is 9.30. The molecule has 196 valence electrons. The van der Waals surface area contributed by atoms with Gasteiger partial charge in [-0.25, -0.2) is 0 Å². The smallest absolute Gasteiger partial charge is 0.251 e. The van der Waals surface area contributed by atoms with Gasteiger partial charge in [0.25, 0.3) is 5.91 Å². The summed E-state index contributed by atoms with van der Waals surface area (Å²) in [5.74, 6) is 0.300. The minimum atomic E-state index is -1.12. The standard InChI is InChI=1S/C31H43NO4/c1-3-4-5-6-7-8-9-10-11-12-14-25-17-23-28(24-18-25)36-30(34)16-13-15-29(33)26-19-21-27(22-20-26)31(35)32-2/h13,16-24,30,34H,3-12,14-15H2,1-2H3,(H,32,35). The Morgan fingerprint density at radius 1 is 0.833 bits per heavy atom. The Morgan fingerprint density at radius 3 is 1.97 bits per heavy atom. The summed E-state index contributed by atoms with van der Waals surface area (Å²) in [6, 6.07) is 14.3. The molecule has 0 saturated carbocycles. The average molecular weight is 494 g/mol. The Balaban J connectivity index is 1.62. The van der Waals surface area contributed by atoms with E-state index in [0.717, 1.165) is 6.42 Å². The van der Waals surface area contributed by atoms with Gasteiger partial charge in [-0.05, 0) is 48.7 Å². The molecule has 2 aromatic rings. The number of ketones is 1. The fraction of sp³-hybridized carbons (Fsp3) is 0.484. The Hall–Kier alpha value is -2.92. The molecule has 0 aliphatic heterocycles. The first-order valence-electron chi connectivity index (χ1n) is 13.5. The molecule has 0 radical (unpaired) electrons. The number of benzene rings is 2. The van der Waals surface area contributed by atoms with E-state index in [1.54, 1.807) is 37.4 Å². The number of aliphatic hydroxyl groups is 1. The van der Waals surface area contributed by atoms with Gasteiger partial charge >= 0.3 is 0 Å². The molecule has 0 fully saturated rings. The number of carbonyl (C=O) groups excluding carboxylic acids is 2. The van der Waals surface area contributed by atoms with E-state index in [0.29, 0.717) is 16.9 Å². The fourth-order valence-corrected chi connectivity index (χ4v) is 4.09. The summed E-state index contributed by atoms with van der Waals surface area (Å²) in [5, 5.41) is 12.7. The molecule has 5 nitrogen and oxygen atoms in total. The molecule has 0 aromatic heterocycles. The van der Waals surface area contributed by atoms with Crippen LogP contribution in [0.25, 0.3) is 0 Å². The summed E-state index contributed by atoms with van der Waals surface area (Å²) in [5.41, 5.74) is 2.30. The van der Waals surface area contributed by atoms with Crippen LogP contribution in [0.1, 0.15) is 104 Å². The van der Waals surface area contributed by atoms with Crippen LogP contribution in [0.5, 0.6) is 5.75 Å². The summed E-state index contributed by atoms with van der Waals surface area (Å²) in [4.78, 5) is 23.9. The molecule has 0 heterocycles. The van der Waals surface area contributed by atoms with Gasteiger partial charge in [0.15, 0.2) is 5.78 Å². The monoisotopic (exact) mass is 493 g/mol. The highest BCUT2D eigenvalue weighted by atomic mass is 16.6. The minimum absolute atomic E-state index is 0.0989. The quantitative estimate of drug-likeness (QED) is 0.101. The van der Waals surface area contributed by atoms with Gasteiger partial charge in [-0.2, -0.15) is 0 Å². The van der Waals surface area contributed by atoms with Crippen molar-refractivity contribution in [2.75, 3.05) is 7.05 Å². The fourth-order valence-electron chi connectivity index (χ4n) is 4.09. The SMILES string of the molecule is CCCCCCCCCCCCc1ccc(OC(O)C=CCC(=O)c2ccc(C(=O)NC)cc2)cc1. The van der Waals surface area contributed by atoms with Crippen molar-refractivity contribution in [2.45, 2.75) is 90.3 Å². The van der Waals surface area contributed by atoms with E-state index in [9.17, 15) is 14.7 Å². The van der Waals surface area contributed by atoms with E-state index in [2.05, 4.69) is 12.2 Å². The normalized spacial score (nSPS) is 12.0. The lowest BCUT2D eigenvalue weighted by atomic mass is 10.0. The van der Waals surface area contributed by atoms with Gasteiger partial charge in [0, 0.05) is 24.6 Å². The second kappa shape index (κ2) is 17.5. The Kier molecular flexibility index (Phi) is 14.2. The number of carbonyl (C=O) groups is 2. The molecule has 0 saturated heterocycles. The van der Waals surface area contributed by atoms with Crippen molar-refractivity contribution in [1.29, 1.82) is 0 Å². The second-order valence-corrected chi connectivity index (χ2v) is 9.30. The Bertz CT molecular complexity index is 919. The molecule has 0 aliphatic rings. The highest BCUT2D eigenvalue weighted by molar-refractivity contribution is 5.99. The van der Waals surface area contributed by atoms with Crippen LogP contribution in [0.4, 0.5) is 0 Å². The van der Waals surface area contributed by atoms with Crippen molar-refractivity contribution >= 4 is 11.7 Å². The third-order valence-corrected chi connectivity index (χ3v) is 6.30. The summed E-state index contributed by atoms with van der Waals surface area (Å²) in [6.07, 6.45) is 16.5. The van der Waals surface area contributed by atoms with Crippen molar-refractivity contribution in [2.24, 2.45) is 0 Å². The lowest BCUT2D eigenvalue weighted by Crippen LogP contribution is -2.17. The van der Waals surface area contributed by atoms with Gasteiger partial charge in [0.1, 0.15) is 5.75 Å². The van der Waals surface area contributed by atoms with E-state index in [4.69, 9.17) is 4.74 Å². The molecule has 5 heteroatoms. The third-order valence-electron chi connectivity index (χ3n) is 6.30. The first kappa shape index (κ1) is 29.3. The summed E-state index contributed by atoms with van der Waals surface area (Å²) < 4.78 is 5.53. The summed E-state index contributed by atoms with van der Waals surface area (Å²) >= 11 is 0. The van der Waals surface area contributed by atoms with Gasteiger partial charge in [-0.1, -0.05) is 95.1 Å². The number of aliphatic hydroxyl groups excluding tert-OH is 1. The maximum absolute atomic E-state index is 12.3. The lowest BCUT2D eigenvalue weighted by molar-refractivity contribution is 0.0246. The van der Waals surface area contributed by atoms with Crippen LogP contribution in [0.2, 0.25) is 0 Å². The van der Waals surface area contributed by atoms with Gasteiger partial charge in [-0.15, -0.1) is 0 Å². The number of hydrogen-bond acceptors (Lipinski definition) is 4. The molecule has 1 atom stereocenters. The third kappa shape index (κ3) is 11.7. The number of Topliss-reactive ketones (excluding diaryl/α,β-unsaturated/α-hetero) is 1. The van der Waals surface area contributed by atoms with Crippen LogP contribution in [-0.4, -0.2) is 30.1 Å². The number of amides is 1. The van der Waals surface area contributed by atoms with Crippen molar-refractivity contribution in [3.05, 3.63) is 77.4 Å². The molecule has 1 amide bonds. The predicted molar refractivity (Wildman–Crippen MR) is 147 cm³/mol. The zero-order valence-corrected chi connectivity index (χ0v) is 22.0. The maximum atomic E-state index is 12.3. The topological polar surface area (TPSA) is 75.6 Å². The molecule has 0 bridgehead atoms. The van der Waals surface area contributed by atoms with Crippen molar-refractivity contribution < 1.29 is 19.4 Å². The molecule has 0 spiro atoms. The van der Waals surface area contributed by atoms with Gasteiger partial charge in [-0.3, -0.25) is 9.59 Å². The minimum Gasteiger partial charge on any atom is -0.461 e. The first-order valence-corrected chi connectivity index (χ1v) is 13.5. The van der Waals surface area contributed by atoms with E-state index in [1.807, 2.05) is 24.3 Å². The van der Waals surface area contributed by atoms with Crippen molar-refractivity contribution in [3.8, 4) is 5.75 Å². The maximum Gasteiger partial charge on any atom is 0.251 e. The molecule has 36 heavy (non-hydrogen) atoms.